The second-order valence-electron chi connectivity index (χ2n) is 4.07. The topological polar surface area (TPSA) is 42.1 Å². The highest BCUT2D eigenvalue weighted by molar-refractivity contribution is 5.38. The van der Waals surface area contributed by atoms with E-state index in [1.807, 2.05) is 43.6 Å². The molecule has 0 amide bonds. The van der Waals surface area contributed by atoms with Gasteiger partial charge in [-0.1, -0.05) is 30.3 Å². The lowest BCUT2D eigenvalue weighted by Crippen LogP contribution is -2.17. The van der Waals surface area contributed by atoms with Gasteiger partial charge < -0.3 is 10.6 Å². The van der Waals surface area contributed by atoms with Crippen LogP contribution in [-0.4, -0.2) is 12.0 Å². The van der Waals surface area contributed by atoms with Gasteiger partial charge >= 0.3 is 0 Å². The van der Waals surface area contributed by atoms with Crippen molar-refractivity contribution in [2.45, 2.75) is 13.1 Å². The average molecular weight is 227 g/mol. The summed E-state index contributed by atoms with van der Waals surface area (Å²) >= 11 is 0. The first-order valence-corrected chi connectivity index (χ1v) is 5.69. The van der Waals surface area contributed by atoms with Gasteiger partial charge in [0.25, 0.3) is 0 Å². The third-order valence-electron chi connectivity index (χ3n) is 2.69. The Morgan fingerprint density at radius 2 is 1.94 bits per heavy atom. The number of benzene rings is 1. The van der Waals surface area contributed by atoms with Gasteiger partial charge in [-0.3, -0.25) is 0 Å². The van der Waals surface area contributed by atoms with E-state index in [1.54, 1.807) is 0 Å². The Kier molecular flexibility index (Phi) is 3.73. The largest absolute Gasteiger partial charge is 0.355 e. The van der Waals surface area contributed by atoms with Crippen molar-refractivity contribution in [3.63, 3.8) is 0 Å². The second-order valence-corrected chi connectivity index (χ2v) is 4.07. The monoisotopic (exact) mass is 227 g/mol. The smallest absolute Gasteiger partial charge is 0.128 e. The summed E-state index contributed by atoms with van der Waals surface area (Å²) in [6.07, 6.45) is 1.81. The van der Waals surface area contributed by atoms with Crippen molar-refractivity contribution in [2.24, 2.45) is 5.73 Å². The molecule has 3 heteroatoms. The summed E-state index contributed by atoms with van der Waals surface area (Å²) in [6.45, 7) is 1.42. The van der Waals surface area contributed by atoms with Crippen LogP contribution in [-0.2, 0) is 13.1 Å². The first-order valence-electron chi connectivity index (χ1n) is 5.69. The fraction of sp³-hybridized carbons (Fsp3) is 0.214. The first-order chi connectivity index (χ1) is 8.29. The highest BCUT2D eigenvalue weighted by Crippen LogP contribution is 2.12. The molecule has 0 saturated carbocycles. The van der Waals surface area contributed by atoms with Gasteiger partial charge in [-0.25, -0.2) is 4.98 Å². The van der Waals surface area contributed by atoms with E-state index in [9.17, 15) is 0 Å². The number of hydrogen-bond donors (Lipinski definition) is 1. The van der Waals surface area contributed by atoms with Crippen LogP contribution in [0.25, 0.3) is 0 Å². The predicted molar refractivity (Wildman–Crippen MR) is 70.7 cm³/mol. The van der Waals surface area contributed by atoms with E-state index in [0.29, 0.717) is 6.54 Å². The van der Waals surface area contributed by atoms with Gasteiger partial charge in [0, 0.05) is 26.3 Å². The molecule has 0 aliphatic heterocycles. The highest BCUT2D eigenvalue weighted by atomic mass is 15.2. The van der Waals surface area contributed by atoms with Crippen LogP contribution in [0.3, 0.4) is 0 Å². The van der Waals surface area contributed by atoms with Crippen molar-refractivity contribution in [2.75, 3.05) is 11.9 Å². The number of nitrogens with two attached hydrogens (primary N) is 1. The Hall–Kier alpha value is -1.87. The number of anilines is 1. The standard InChI is InChI=1S/C14H17N3/c1-17(14-7-2-3-8-16-14)11-13-6-4-5-12(9-13)10-15/h2-9H,10-11,15H2,1H3. The minimum Gasteiger partial charge on any atom is -0.355 e. The molecule has 1 heterocycles. The summed E-state index contributed by atoms with van der Waals surface area (Å²) in [5.74, 6) is 0.977. The number of pyridine rings is 1. The van der Waals surface area contributed by atoms with Crippen LogP contribution in [0.4, 0.5) is 5.82 Å². The van der Waals surface area contributed by atoms with E-state index in [4.69, 9.17) is 5.73 Å². The van der Waals surface area contributed by atoms with Crippen molar-refractivity contribution in [1.82, 2.24) is 4.98 Å². The van der Waals surface area contributed by atoms with E-state index in [1.165, 1.54) is 5.56 Å². The third-order valence-corrected chi connectivity index (χ3v) is 2.69. The zero-order valence-corrected chi connectivity index (χ0v) is 10.0. The molecule has 0 spiro atoms. The molecule has 88 valence electrons. The lowest BCUT2D eigenvalue weighted by atomic mass is 10.1. The van der Waals surface area contributed by atoms with E-state index in [2.05, 4.69) is 22.0 Å². The summed E-state index contributed by atoms with van der Waals surface area (Å²) in [4.78, 5) is 6.44. The third kappa shape index (κ3) is 3.04. The van der Waals surface area contributed by atoms with Crippen LogP contribution in [0.5, 0.6) is 0 Å². The first kappa shape index (κ1) is 11.6. The zero-order chi connectivity index (χ0) is 12.1. The Bertz CT molecular complexity index is 468. The summed E-state index contributed by atoms with van der Waals surface area (Å²) in [6, 6.07) is 14.3. The van der Waals surface area contributed by atoms with Crippen molar-refractivity contribution in [3.05, 3.63) is 59.8 Å². The number of hydrogen-bond acceptors (Lipinski definition) is 3. The molecule has 0 radical (unpaired) electrons. The molecule has 0 aliphatic carbocycles. The van der Waals surface area contributed by atoms with Crippen LogP contribution in [0.1, 0.15) is 11.1 Å². The summed E-state index contributed by atoms with van der Waals surface area (Å²) in [5.41, 5.74) is 8.05. The normalized spacial score (nSPS) is 10.2. The van der Waals surface area contributed by atoms with Crippen molar-refractivity contribution in [3.8, 4) is 0 Å². The van der Waals surface area contributed by atoms with Crippen LogP contribution < -0.4 is 10.6 Å². The van der Waals surface area contributed by atoms with Crippen LogP contribution in [0, 0.1) is 0 Å². The Balaban J connectivity index is 2.10. The maximum absolute atomic E-state index is 5.63. The van der Waals surface area contributed by atoms with Gasteiger partial charge in [-0.05, 0) is 23.3 Å². The molecule has 2 aromatic rings. The molecular weight excluding hydrogens is 210 g/mol. The zero-order valence-electron chi connectivity index (χ0n) is 10.0. The number of rotatable bonds is 4. The van der Waals surface area contributed by atoms with Gasteiger partial charge in [-0.2, -0.15) is 0 Å². The SMILES string of the molecule is CN(Cc1cccc(CN)c1)c1ccccn1. The predicted octanol–water partition coefficient (Wildman–Crippen LogP) is 2.18. The van der Waals surface area contributed by atoms with E-state index < -0.39 is 0 Å². The summed E-state index contributed by atoms with van der Waals surface area (Å²) < 4.78 is 0. The highest BCUT2D eigenvalue weighted by Gasteiger charge is 2.02. The Morgan fingerprint density at radius 3 is 2.65 bits per heavy atom. The van der Waals surface area contributed by atoms with Gasteiger partial charge in [-0.15, -0.1) is 0 Å². The summed E-state index contributed by atoms with van der Waals surface area (Å²) in [5, 5.41) is 0. The molecule has 1 aromatic heterocycles. The quantitative estimate of drug-likeness (QED) is 0.870. The minimum atomic E-state index is 0.584. The molecule has 1 aromatic carbocycles. The number of aromatic nitrogens is 1. The molecule has 0 aliphatic rings. The fourth-order valence-corrected chi connectivity index (χ4v) is 1.79. The molecule has 17 heavy (non-hydrogen) atoms. The van der Waals surface area contributed by atoms with E-state index >= 15 is 0 Å². The minimum absolute atomic E-state index is 0.584. The molecule has 0 saturated heterocycles. The molecule has 3 nitrogen and oxygen atoms in total. The van der Waals surface area contributed by atoms with Crippen LogP contribution in [0.2, 0.25) is 0 Å². The second kappa shape index (κ2) is 5.46. The number of nitrogens with zero attached hydrogens (tertiary/aromatic N) is 2. The molecule has 0 atom stereocenters. The van der Waals surface area contributed by atoms with Crippen molar-refractivity contribution < 1.29 is 0 Å². The van der Waals surface area contributed by atoms with Gasteiger partial charge in [0.1, 0.15) is 5.82 Å². The van der Waals surface area contributed by atoms with Gasteiger partial charge in [0.15, 0.2) is 0 Å². The maximum atomic E-state index is 5.63. The molecule has 0 unspecified atom stereocenters. The van der Waals surface area contributed by atoms with Gasteiger partial charge in [0.05, 0.1) is 0 Å². The lowest BCUT2D eigenvalue weighted by Gasteiger charge is -2.18. The average Bonchev–Trinajstić information content (AvgIpc) is 2.40. The molecular formula is C14H17N3. The Morgan fingerprint density at radius 1 is 1.12 bits per heavy atom. The van der Waals surface area contributed by atoms with E-state index in [-0.39, 0.29) is 0 Å². The van der Waals surface area contributed by atoms with Crippen LogP contribution in [0.15, 0.2) is 48.7 Å². The van der Waals surface area contributed by atoms with E-state index in [0.717, 1.165) is 17.9 Å². The van der Waals surface area contributed by atoms with Crippen molar-refractivity contribution in [1.29, 1.82) is 0 Å². The molecule has 0 fully saturated rings. The molecule has 2 rings (SSSR count). The van der Waals surface area contributed by atoms with Crippen molar-refractivity contribution >= 4 is 5.82 Å². The fourth-order valence-electron chi connectivity index (χ4n) is 1.79. The Labute approximate surface area is 102 Å². The molecule has 2 N–H and O–H groups in total. The maximum Gasteiger partial charge on any atom is 0.128 e. The molecule has 0 bridgehead atoms. The summed E-state index contributed by atoms with van der Waals surface area (Å²) in [7, 11) is 2.04. The van der Waals surface area contributed by atoms with Gasteiger partial charge in [0.2, 0.25) is 0 Å². The lowest BCUT2D eigenvalue weighted by molar-refractivity contribution is 0.893. The van der Waals surface area contributed by atoms with Crippen LogP contribution >= 0.6 is 0 Å².